The molecular weight excluding hydrogens is 550 g/mol. The molecule has 0 aliphatic carbocycles. The summed E-state index contributed by atoms with van der Waals surface area (Å²) >= 11 is 0. The van der Waals surface area contributed by atoms with Crippen molar-refractivity contribution in [3.05, 3.63) is 77.9 Å². The number of anilines is 2. The Morgan fingerprint density at radius 3 is 2.12 bits per heavy atom. The fourth-order valence-electron chi connectivity index (χ4n) is 4.92. The van der Waals surface area contributed by atoms with E-state index in [2.05, 4.69) is 21.3 Å². The highest BCUT2D eigenvalue weighted by molar-refractivity contribution is 5.94. The van der Waals surface area contributed by atoms with E-state index in [1.807, 2.05) is 42.5 Å². The van der Waals surface area contributed by atoms with Crippen molar-refractivity contribution in [2.45, 2.75) is 38.3 Å². The van der Waals surface area contributed by atoms with Gasteiger partial charge in [0.05, 0.1) is 21.3 Å². The number of hydrogen-bond donors (Lipinski definition) is 4. The van der Waals surface area contributed by atoms with Crippen molar-refractivity contribution in [2.24, 2.45) is 0 Å². The Kier molecular flexibility index (Phi) is 11.1. The van der Waals surface area contributed by atoms with E-state index in [0.29, 0.717) is 73.9 Å². The molecule has 3 aromatic rings. The molecule has 0 radical (unpaired) electrons. The number of amides is 5. The predicted octanol–water partition coefficient (Wildman–Crippen LogP) is 4.78. The van der Waals surface area contributed by atoms with Crippen LogP contribution in [0.25, 0.3) is 0 Å². The maximum Gasteiger partial charge on any atom is 0.319 e. The Hall–Kier alpha value is -4.93. The lowest BCUT2D eigenvalue weighted by Crippen LogP contribution is -2.50. The number of ether oxygens (including phenoxy) is 3. The number of benzene rings is 3. The summed E-state index contributed by atoms with van der Waals surface area (Å²) in [5.41, 5.74) is 3.36. The lowest BCUT2D eigenvalue weighted by molar-refractivity contribution is -0.134. The molecule has 0 saturated heterocycles. The number of carbonyl (C=O) groups is 3. The monoisotopic (exact) mass is 589 g/mol. The fourth-order valence-corrected chi connectivity index (χ4v) is 4.92. The normalized spacial score (nSPS) is 12.8. The first-order valence-corrected chi connectivity index (χ1v) is 14.2. The zero-order valence-corrected chi connectivity index (χ0v) is 24.8. The Bertz CT molecular complexity index is 1380. The summed E-state index contributed by atoms with van der Waals surface area (Å²) < 4.78 is 16.1. The van der Waals surface area contributed by atoms with Gasteiger partial charge >= 0.3 is 12.1 Å². The maximum atomic E-state index is 13.8. The van der Waals surface area contributed by atoms with Crippen LogP contribution in [0.15, 0.2) is 66.7 Å². The standard InChI is InChI=1S/C32H39N5O6/c1-41-26-14-12-25(13-15-26)35-32(40)36-27(11-7-8-17-33-31(39)34-24-9-5-4-6-10-24)30(38)37-18-16-22-19-28(42-2)29(43-3)20-23(22)21-37/h4-6,9-10,12-15,19-20,27H,7-8,11,16-18,21H2,1-3H3,(H2,33,34,39)(H2,35,36,40). The van der Waals surface area contributed by atoms with Crippen LogP contribution in [-0.2, 0) is 17.8 Å². The van der Waals surface area contributed by atoms with Gasteiger partial charge in [0.2, 0.25) is 5.91 Å². The first-order chi connectivity index (χ1) is 20.9. The number of para-hydroxylation sites is 1. The molecule has 4 rings (SSSR count). The number of nitrogens with one attached hydrogen (secondary N) is 4. The molecule has 0 bridgehead atoms. The molecule has 1 atom stereocenters. The third kappa shape index (κ3) is 8.78. The van der Waals surface area contributed by atoms with Gasteiger partial charge in [0, 0.05) is 31.0 Å². The highest BCUT2D eigenvalue weighted by Crippen LogP contribution is 2.33. The molecule has 3 aromatic carbocycles. The minimum atomic E-state index is -0.752. The molecule has 1 aliphatic heterocycles. The van der Waals surface area contributed by atoms with Crippen molar-refractivity contribution < 1.29 is 28.6 Å². The Morgan fingerprint density at radius 2 is 1.44 bits per heavy atom. The number of urea groups is 2. The number of methoxy groups -OCH3 is 3. The number of carbonyl (C=O) groups excluding carboxylic acids is 3. The van der Waals surface area contributed by atoms with Gasteiger partial charge in [-0.05, 0) is 85.3 Å². The summed E-state index contributed by atoms with van der Waals surface area (Å²) in [7, 11) is 4.75. The van der Waals surface area contributed by atoms with Gasteiger partial charge in [-0.15, -0.1) is 0 Å². The van der Waals surface area contributed by atoms with Gasteiger partial charge < -0.3 is 40.4 Å². The largest absolute Gasteiger partial charge is 0.497 e. The minimum Gasteiger partial charge on any atom is -0.497 e. The highest BCUT2D eigenvalue weighted by Gasteiger charge is 2.29. The molecule has 1 heterocycles. The average Bonchev–Trinajstić information content (AvgIpc) is 3.03. The SMILES string of the molecule is COc1ccc(NC(=O)NC(CCCCNC(=O)Nc2ccccc2)C(=O)N2CCc3cc(OC)c(OC)cc3C2)cc1. The lowest BCUT2D eigenvalue weighted by atomic mass is 9.97. The molecular formula is C32H39N5O6. The zero-order chi connectivity index (χ0) is 30.6. The van der Waals surface area contributed by atoms with E-state index < -0.39 is 12.1 Å². The highest BCUT2D eigenvalue weighted by atomic mass is 16.5. The number of rotatable bonds is 12. The molecule has 0 fully saturated rings. The molecule has 4 N–H and O–H groups in total. The van der Waals surface area contributed by atoms with E-state index in [0.717, 1.165) is 11.1 Å². The molecule has 0 spiro atoms. The second-order valence-corrected chi connectivity index (χ2v) is 10.1. The van der Waals surface area contributed by atoms with Gasteiger partial charge in [-0.25, -0.2) is 9.59 Å². The summed E-state index contributed by atoms with van der Waals surface area (Å²) in [6.07, 6.45) is 2.31. The van der Waals surface area contributed by atoms with Crippen molar-refractivity contribution in [3.63, 3.8) is 0 Å². The third-order valence-electron chi connectivity index (χ3n) is 7.22. The van der Waals surface area contributed by atoms with E-state index in [4.69, 9.17) is 14.2 Å². The number of unbranched alkanes of at least 4 members (excludes halogenated alkanes) is 1. The molecule has 11 heteroatoms. The van der Waals surface area contributed by atoms with Crippen LogP contribution in [0.3, 0.4) is 0 Å². The summed E-state index contributed by atoms with van der Waals surface area (Å²) in [4.78, 5) is 40.7. The van der Waals surface area contributed by atoms with Gasteiger partial charge in [-0.1, -0.05) is 18.2 Å². The van der Waals surface area contributed by atoms with Crippen molar-refractivity contribution in [1.29, 1.82) is 0 Å². The number of hydrogen-bond acceptors (Lipinski definition) is 6. The number of nitrogens with zero attached hydrogens (tertiary/aromatic N) is 1. The van der Waals surface area contributed by atoms with Crippen LogP contribution in [0.4, 0.5) is 21.0 Å². The molecule has 1 aliphatic rings. The van der Waals surface area contributed by atoms with Gasteiger partial charge in [0.15, 0.2) is 11.5 Å². The second-order valence-electron chi connectivity index (χ2n) is 10.1. The van der Waals surface area contributed by atoms with Crippen LogP contribution >= 0.6 is 0 Å². The average molecular weight is 590 g/mol. The molecule has 1 unspecified atom stereocenters. The summed E-state index contributed by atoms with van der Waals surface area (Å²) in [5, 5.41) is 11.3. The van der Waals surface area contributed by atoms with E-state index >= 15 is 0 Å². The molecule has 228 valence electrons. The summed E-state index contributed by atoms with van der Waals surface area (Å²) in [6.45, 7) is 1.34. The van der Waals surface area contributed by atoms with Crippen LogP contribution in [0.1, 0.15) is 30.4 Å². The van der Waals surface area contributed by atoms with E-state index in [-0.39, 0.29) is 11.9 Å². The summed E-state index contributed by atoms with van der Waals surface area (Å²) in [5.74, 6) is 1.76. The maximum absolute atomic E-state index is 13.8. The van der Waals surface area contributed by atoms with Crippen LogP contribution in [0.5, 0.6) is 17.2 Å². The van der Waals surface area contributed by atoms with Crippen LogP contribution in [0.2, 0.25) is 0 Å². The van der Waals surface area contributed by atoms with E-state index in [1.165, 1.54) is 0 Å². The molecule has 43 heavy (non-hydrogen) atoms. The molecule has 0 aromatic heterocycles. The van der Waals surface area contributed by atoms with Crippen molar-refractivity contribution in [2.75, 3.05) is 45.1 Å². The van der Waals surface area contributed by atoms with Gasteiger partial charge in [0.25, 0.3) is 0 Å². The van der Waals surface area contributed by atoms with Crippen LogP contribution in [0, 0.1) is 0 Å². The Balaban J connectivity index is 1.37. The molecule has 5 amide bonds. The van der Waals surface area contributed by atoms with Crippen LogP contribution in [-0.4, -0.2) is 63.3 Å². The van der Waals surface area contributed by atoms with E-state index in [9.17, 15) is 14.4 Å². The zero-order valence-electron chi connectivity index (χ0n) is 24.8. The number of fused-ring (bicyclic) bond motifs is 1. The quantitative estimate of drug-likeness (QED) is 0.225. The first-order valence-electron chi connectivity index (χ1n) is 14.2. The second kappa shape index (κ2) is 15.3. The molecule has 11 nitrogen and oxygen atoms in total. The first kappa shape index (κ1) is 31.0. The molecule has 0 saturated carbocycles. The van der Waals surface area contributed by atoms with Crippen molar-refractivity contribution >= 4 is 29.3 Å². The van der Waals surface area contributed by atoms with Crippen molar-refractivity contribution in [3.8, 4) is 17.2 Å². The summed E-state index contributed by atoms with van der Waals surface area (Å²) in [6, 6.07) is 18.5. The fraction of sp³-hybridized carbons (Fsp3) is 0.344. The van der Waals surface area contributed by atoms with Crippen molar-refractivity contribution in [1.82, 2.24) is 15.5 Å². The minimum absolute atomic E-state index is 0.167. The topological polar surface area (TPSA) is 130 Å². The predicted molar refractivity (Wildman–Crippen MR) is 165 cm³/mol. The Morgan fingerprint density at radius 1 is 0.791 bits per heavy atom. The third-order valence-corrected chi connectivity index (χ3v) is 7.22. The lowest BCUT2D eigenvalue weighted by Gasteiger charge is -2.32. The Labute approximate surface area is 251 Å². The van der Waals surface area contributed by atoms with Crippen LogP contribution < -0.4 is 35.5 Å². The smallest absolute Gasteiger partial charge is 0.319 e. The van der Waals surface area contributed by atoms with Gasteiger partial charge in [-0.2, -0.15) is 0 Å². The van der Waals surface area contributed by atoms with Gasteiger partial charge in [-0.3, -0.25) is 4.79 Å². The van der Waals surface area contributed by atoms with E-state index in [1.54, 1.807) is 50.5 Å². The van der Waals surface area contributed by atoms with Gasteiger partial charge in [0.1, 0.15) is 11.8 Å².